The van der Waals surface area contributed by atoms with E-state index >= 15 is 0 Å². The number of fused-ring (bicyclic) bond motifs is 1. The third-order valence-corrected chi connectivity index (χ3v) is 3.19. The van der Waals surface area contributed by atoms with Crippen LogP contribution in [0.4, 0.5) is 10.7 Å². The second kappa shape index (κ2) is 9.60. The molecule has 5 N–H and O–H groups in total. The summed E-state index contributed by atoms with van der Waals surface area (Å²) in [4.78, 5) is 30.7. The highest BCUT2D eigenvalue weighted by atomic mass is 32.2. The first-order chi connectivity index (χ1) is 12.7. The van der Waals surface area contributed by atoms with E-state index in [9.17, 15) is 18.0 Å². The van der Waals surface area contributed by atoms with E-state index in [1.807, 2.05) is 18.2 Å². The number of aromatic nitrogens is 2. The molecule has 0 unspecified atom stereocenters. The van der Waals surface area contributed by atoms with Crippen molar-refractivity contribution in [1.29, 1.82) is 0 Å². The fourth-order valence-electron chi connectivity index (χ4n) is 2.11. The highest BCUT2D eigenvalue weighted by molar-refractivity contribution is 7.85. The van der Waals surface area contributed by atoms with E-state index in [0.29, 0.717) is 28.4 Å². The molecular weight excluding hydrogens is 390 g/mol. The van der Waals surface area contributed by atoms with Crippen molar-refractivity contribution in [3.8, 4) is 0 Å². The number of nitrogens with zero attached hydrogens (tertiary/aromatic N) is 1. The number of methoxy groups -OCH3 is 1. The van der Waals surface area contributed by atoms with Gasteiger partial charge in [-0.3, -0.25) is 14.7 Å². The van der Waals surface area contributed by atoms with Crippen LogP contribution < -0.4 is 5.32 Å². The van der Waals surface area contributed by atoms with Crippen LogP contribution in [0.5, 0.6) is 0 Å². The molecule has 3 aromatic rings. The van der Waals surface area contributed by atoms with Crippen LogP contribution in [0.1, 0.15) is 15.9 Å². The minimum atomic E-state index is -3.67. The Balaban J connectivity index is 0.000000584. The first-order valence-electron chi connectivity index (χ1n) is 7.54. The third kappa shape index (κ3) is 6.79. The van der Waals surface area contributed by atoms with E-state index < -0.39 is 16.2 Å². The molecule has 11 heteroatoms. The molecule has 0 saturated heterocycles. The Morgan fingerprint density at radius 2 is 1.71 bits per heavy atom. The Bertz CT molecular complexity index is 1050. The lowest BCUT2D eigenvalue weighted by Crippen LogP contribution is -2.11. The van der Waals surface area contributed by atoms with Crippen LogP contribution in [0, 0.1) is 0 Å². The molecule has 1 heterocycles. The summed E-state index contributed by atoms with van der Waals surface area (Å²) < 4.78 is 30.4. The summed E-state index contributed by atoms with van der Waals surface area (Å²) >= 11 is 0. The van der Waals surface area contributed by atoms with Gasteiger partial charge in [-0.15, -0.1) is 0 Å². The molecule has 28 heavy (non-hydrogen) atoms. The Morgan fingerprint density at radius 3 is 2.29 bits per heavy atom. The number of rotatable bonds is 3. The molecule has 3 rings (SSSR count). The number of carbonyl (C=O) groups is 2. The van der Waals surface area contributed by atoms with Gasteiger partial charge in [-0.05, 0) is 18.2 Å². The van der Waals surface area contributed by atoms with Crippen molar-refractivity contribution in [3.63, 3.8) is 0 Å². The van der Waals surface area contributed by atoms with Crippen LogP contribution in [-0.2, 0) is 14.9 Å². The summed E-state index contributed by atoms with van der Waals surface area (Å²) in [7, 11) is -2.39. The molecule has 150 valence electrons. The molecule has 0 fully saturated rings. The monoisotopic (exact) mass is 409 g/mol. The average Bonchev–Trinajstić information content (AvgIpc) is 3.01. The molecule has 0 spiro atoms. The molecular formula is C17H19N3O7S. The Kier molecular flexibility index (Phi) is 7.80. The molecule has 2 aromatic carbocycles. The lowest BCUT2D eigenvalue weighted by atomic mass is 10.0. The number of benzene rings is 2. The van der Waals surface area contributed by atoms with Crippen molar-refractivity contribution >= 4 is 39.0 Å². The molecule has 1 aromatic heterocycles. The number of hydrogen-bond donors (Lipinski definition) is 3. The zero-order valence-corrected chi connectivity index (χ0v) is 15.8. The topological polar surface area (TPSA) is 170 Å². The van der Waals surface area contributed by atoms with Crippen molar-refractivity contribution in [2.45, 2.75) is 0 Å². The van der Waals surface area contributed by atoms with E-state index in [2.05, 4.69) is 20.0 Å². The van der Waals surface area contributed by atoms with Gasteiger partial charge >= 0.3 is 6.09 Å². The second-order valence-electron chi connectivity index (χ2n) is 5.36. The van der Waals surface area contributed by atoms with Crippen LogP contribution in [-0.4, -0.2) is 53.7 Å². The molecule has 10 nitrogen and oxygen atoms in total. The normalized spacial score (nSPS) is 10.2. The van der Waals surface area contributed by atoms with Gasteiger partial charge in [0.1, 0.15) is 0 Å². The highest BCUT2D eigenvalue weighted by Gasteiger charge is 2.12. The number of anilines is 1. The van der Waals surface area contributed by atoms with Gasteiger partial charge in [-0.2, -0.15) is 8.42 Å². The predicted octanol–water partition coefficient (Wildman–Crippen LogP) is 1.65. The molecule has 0 radical (unpaired) electrons. The summed E-state index contributed by atoms with van der Waals surface area (Å²) in [5.41, 5.74) is 2.48. The molecule has 1 amide bonds. The van der Waals surface area contributed by atoms with Crippen molar-refractivity contribution in [2.24, 2.45) is 0 Å². The van der Waals surface area contributed by atoms with Gasteiger partial charge in [0, 0.05) is 11.1 Å². The van der Waals surface area contributed by atoms with Crippen LogP contribution in [0.3, 0.4) is 0 Å². The number of imidazole rings is 1. The Hall–Kier alpha value is -3.28. The summed E-state index contributed by atoms with van der Waals surface area (Å²) in [5.74, 6) is 0.200. The summed E-state index contributed by atoms with van der Waals surface area (Å²) in [6.45, 7) is 0. The zero-order valence-electron chi connectivity index (χ0n) is 15.0. The first kappa shape index (κ1) is 22.8. The van der Waals surface area contributed by atoms with Gasteiger partial charge in [-0.1, -0.05) is 30.3 Å². The quantitative estimate of drug-likeness (QED) is 0.436. The first-order valence-corrected chi connectivity index (χ1v) is 9.39. The molecule has 0 aliphatic heterocycles. The minimum absolute atomic E-state index is 0. The summed E-state index contributed by atoms with van der Waals surface area (Å²) in [5, 5.41) is 2.45. The van der Waals surface area contributed by atoms with Gasteiger partial charge in [0.25, 0.3) is 10.1 Å². The van der Waals surface area contributed by atoms with Crippen LogP contribution >= 0.6 is 0 Å². The number of H-pyrrole nitrogens is 1. The van der Waals surface area contributed by atoms with Crippen LogP contribution in [0.25, 0.3) is 11.0 Å². The van der Waals surface area contributed by atoms with Crippen molar-refractivity contribution < 1.29 is 32.8 Å². The standard InChI is InChI=1S/C16H13N3O3.CH4O3S.H2O/c1-22-16(21)19-15-17-12-8-7-11(9-13(12)18-15)14(20)10-5-3-2-4-6-10;1-5(2,3)4;/h2-9H,1H3,(H2,17,18,19,21);1H3,(H,2,3,4);1H2. The summed E-state index contributed by atoms with van der Waals surface area (Å²) in [6.07, 6.45) is 0.104. The lowest BCUT2D eigenvalue weighted by Gasteiger charge is -2.00. The number of ketones is 1. The molecule has 0 bridgehead atoms. The minimum Gasteiger partial charge on any atom is -0.453 e. The Labute approximate surface area is 160 Å². The van der Waals surface area contributed by atoms with E-state index in [1.54, 1.807) is 30.3 Å². The Morgan fingerprint density at radius 1 is 1.11 bits per heavy atom. The largest absolute Gasteiger partial charge is 0.453 e. The van der Waals surface area contributed by atoms with E-state index in [1.165, 1.54) is 7.11 Å². The maximum atomic E-state index is 12.4. The van der Waals surface area contributed by atoms with Crippen molar-refractivity contribution in [1.82, 2.24) is 9.97 Å². The van der Waals surface area contributed by atoms with Crippen molar-refractivity contribution in [2.75, 3.05) is 18.7 Å². The van der Waals surface area contributed by atoms with Crippen LogP contribution in [0.15, 0.2) is 48.5 Å². The zero-order chi connectivity index (χ0) is 20.0. The molecule has 0 aliphatic carbocycles. The van der Waals surface area contributed by atoms with E-state index in [4.69, 9.17) is 4.55 Å². The number of nitrogens with one attached hydrogen (secondary N) is 2. The fraction of sp³-hybridized carbons (Fsp3) is 0.118. The lowest BCUT2D eigenvalue weighted by molar-refractivity contribution is 0.103. The molecule has 0 saturated carbocycles. The summed E-state index contributed by atoms with van der Waals surface area (Å²) in [6, 6.07) is 14.2. The maximum Gasteiger partial charge on any atom is 0.413 e. The van der Waals surface area contributed by atoms with Gasteiger partial charge < -0.3 is 15.2 Å². The number of ether oxygens (including phenoxy) is 1. The maximum absolute atomic E-state index is 12.4. The van der Waals surface area contributed by atoms with Gasteiger partial charge in [0.2, 0.25) is 5.95 Å². The number of hydrogen-bond acceptors (Lipinski definition) is 6. The van der Waals surface area contributed by atoms with Crippen molar-refractivity contribution in [3.05, 3.63) is 59.7 Å². The van der Waals surface area contributed by atoms with Gasteiger partial charge in [-0.25, -0.2) is 9.78 Å². The highest BCUT2D eigenvalue weighted by Crippen LogP contribution is 2.18. The number of amides is 1. The van der Waals surface area contributed by atoms with Gasteiger partial charge in [0.05, 0.1) is 24.4 Å². The predicted molar refractivity (Wildman–Crippen MR) is 103 cm³/mol. The average molecular weight is 409 g/mol. The molecule has 0 aliphatic rings. The second-order valence-corrected chi connectivity index (χ2v) is 6.83. The van der Waals surface area contributed by atoms with Gasteiger partial charge in [0.15, 0.2) is 5.78 Å². The van der Waals surface area contributed by atoms with E-state index in [0.717, 1.165) is 0 Å². The fourth-order valence-corrected chi connectivity index (χ4v) is 2.11. The molecule has 0 atom stereocenters. The SMILES string of the molecule is COC(=O)Nc1nc2ccc(C(=O)c3ccccc3)cc2[nH]1.CS(=O)(=O)O.O. The number of aromatic amines is 1. The number of carbonyl (C=O) groups excluding carboxylic acids is 2. The smallest absolute Gasteiger partial charge is 0.413 e. The van der Waals surface area contributed by atoms with E-state index in [-0.39, 0.29) is 17.2 Å². The third-order valence-electron chi connectivity index (χ3n) is 3.19. The van der Waals surface area contributed by atoms with Crippen LogP contribution in [0.2, 0.25) is 0 Å².